The Hall–Kier alpha value is -3.23. The third-order valence-corrected chi connectivity index (χ3v) is 5.37. The van der Waals surface area contributed by atoms with E-state index in [9.17, 15) is 14.0 Å². The van der Waals surface area contributed by atoms with Gasteiger partial charge in [0.1, 0.15) is 5.82 Å². The molecule has 9 heteroatoms. The van der Waals surface area contributed by atoms with Gasteiger partial charge in [0, 0.05) is 37.8 Å². The second-order valence-electron chi connectivity index (χ2n) is 7.11. The fourth-order valence-corrected chi connectivity index (χ4v) is 3.69. The van der Waals surface area contributed by atoms with E-state index in [0.717, 1.165) is 17.0 Å². The van der Waals surface area contributed by atoms with Gasteiger partial charge in [0.05, 0.1) is 22.5 Å². The molecule has 2 aromatic heterocycles. The van der Waals surface area contributed by atoms with Gasteiger partial charge in [-0.15, -0.1) is 0 Å². The molecule has 1 unspecified atom stereocenters. The molecule has 4 rings (SSSR count). The van der Waals surface area contributed by atoms with Crippen molar-refractivity contribution in [3.05, 3.63) is 41.0 Å². The lowest BCUT2D eigenvalue weighted by Crippen LogP contribution is -2.33. The van der Waals surface area contributed by atoms with Gasteiger partial charge in [-0.2, -0.15) is 10.2 Å². The minimum atomic E-state index is -0.511. The Balaban J connectivity index is 1.49. The topological polar surface area (TPSA) is 95.9 Å². The molecule has 8 nitrogen and oxygen atoms in total. The van der Waals surface area contributed by atoms with Crippen LogP contribution in [-0.4, -0.2) is 38.3 Å². The molecular formula is C19H21FN6O2. The van der Waals surface area contributed by atoms with Crippen molar-refractivity contribution in [1.29, 1.82) is 0 Å². The van der Waals surface area contributed by atoms with Crippen molar-refractivity contribution < 1.29 is 14.0 Å². The van der Waals surface area contributed by atoms with E-state index in [4.69, 9.17) is 0 Å². The van der Waals surface area contributed by atoms with Crippen LogP contribution < -0.4 is 10.2 Å². The molecule has 0 bridgehead atoms. The smallest absolute Gasteiger partial charge is 0.229 e. The Bertz CT molecular complexity index is 1090. The second-order valence-corrected chi connectivity index (χ2v) is 7.11. The molecule has 1 aliphatic heterocycles. The first-order valence-electron chi connectivity index (χ1n) is 9.06. The summed E-state index contributed by atoms with van der Waals surface area (Å²) in [7, 11) is 1.86. The predicted molar refractivity (Wildman–Crippen MR) is 101 cm³/mol. The number of carbonyl (C=O) groups excluding carboxylic acids is 2. The highest BCUT2D eigenvalue weighted by molar-refractivity contribution is 6.05. The number of fused-ring (bicyclic) bond motifs is 1. The van der Waals surface area contributed by atoms with Crippen molar-refractivity contribution in [1.82, 2.24) is 25.3 Å². The summed E-state index contributed by atoms with van der Waals surface area (Å²) in [5, 5.41) is 14.3. The summed E-state index contributed by atoms with van der Waals surface area (Å²) < 4.78 is 16.0. The zero-order valence-electron chi connectivity index (χ0n) is 15.9. The van der Waals surface area contributed by atoms with Crippen molar-refractivity contribution in [3.8, 4) is 0 Å². The van der Waals surface area contributed by atoms with Gasteiger partial charge in [-0.3, -0.25) is 24.3 Å². The predicted octanol–water partition coefficient (Wildman–Crippen LogP) is 1.72. The van der Waals surface area contributed by atoms with Gasteiger partial charge in [0.15, 0.2) is 5.82 Å². The van der Waals surface area contributed by atoms with Crippen LogP contribution in [0.1, 0.15) is 23.4 Å². The van der Waals surface area contributed by atoms with Gasteiger partial charge in [-0.25, -0.2) is 4.39 Å². The standard InChI is InChI=1S/C19H21FN6O2/c1-10-13(11(2)25(3)24-10)8-21-19(28)12-7-16(27)26(9-12)18-17-14(20)5-4-6-15(17)22-23-18/h4-6,12H,7-9H2,1-3H3,(H,21,28)(H,22,23). The second kappa shape index (κ2) is 6.74. The van der Waals surface area contributed by atoms with Crippen LogP contribution in [0.25, 0.3) is 10.9 Å². The average molecular weight is 384 g/mol. The maximum atomic E-state index is 14.2. The van der Waals surface area contributed by atoms with Crippen LogP contribution in [0.5, 0.6) is 0 Å². The Morgan fingerprint density at radius 2 is 2.18 bits per heavy atom. The summed E-state index contributed by atoms with van der Waals surface area (Å²) >= 11 is 0. The maximum Gasteiger partial charge on any atom is 0.229 e. The number of aromatic amines is 1. The first-order valence-corrected chi connectivity index (χ1v) is 9.06. The molecule has 1 aliphatic rings. The molecule has 3 heterocycles. The first kappa shape index (κ1) is 18.1. The van der Waals surface area contributed by atoms with E-state index in [2.05, 4.69) is 20.6 Å². The lowest BCUT2D eigenvalue weighted by Gasteiger charge is -2.14. The minimum absolute atomic E-state index is 0.0691. The molecule has 2 amide bonds. The number of benzene rings is 1. The summed E-state index contributed by atoms with van der Waals surface area (Å²) in [5.74, 6) is -1.19. The van der Waals surface area contributed by atoms with Crippen LogP contribution in [0.2, 0.25) is 0 Å². The molecule has 146 valence electrons. The number of aromatic nitrogens is 4. The monoisotopic (exact) mass is 384 g/mol. The van der Waals surface area contributed by atoms with E-state index in [0.29, 0.717) is 12.1 Å². The maximum absolute atomic E-state index is 14.2. The van der Waals surface area contributed by atoms with E-state index in [1.165, 1.54) is 11.0 Å². The summed E-state index contributed by atoms with van der Waals surface area (Å²) in [6.07, 6.45) is 0.0691. The van der Waals surface area contributed by atoms with Crippen molar-refractivity contribution in [2.45, 2.75) is 26.8 Å². The van der Waals surface area contributed by atoms with Crippen LogP contribution in [0.15, 0.2) is 18.2 Å². The summed E-state index contributed by atoms with van der Waals surface area (Å²) in [5.41, 5.74) is 3.33. The molecule has 1 atom stereocenters. The number of nitrogens with zero attached hydrogens (tertiary/aromatic N) is 4. The molecule has 1 fully saturated rings. The average Bonchev–Trinajstić information content (AvgIpc) is 3.31. The van der Waals surface area contributed by atoms with E-state index in [1.807, 2.05) is 20.9 Å². The van der Waals surface area contributed by atoms with Gasteiger partial charge >= 0.3 is 0 Å². The number of amides is 2. The normalized spacial score (nSPS) is 16.9. The fourth-order valence-electron chi connectivity index (χ4n) is 3.69. The molecule has 0 spiro atoms. The third kappa shape index (κ3) is 2.92. The molecular weight excluding hydrogens is 363 g/mol. The number of anilines is 1. The van der Waals surface area contributed by atoms with Gasteiger partial charge < -0.3 is 5.32 Å². The molecule has 0 radical (unpaired) electrons. The molecule has 28 heavy (non-hydrogen) atoms. The zero-order chi connectivity index (χ0) is 20.0. The lowest BCUT2D eigenvalue weighted by atomic mass is 10.1. The van der Waals surface area contributed by atoms with Crippen molar-refractivity contribution in [3.63, 3.8) is 0 Å². The highest BCUT2D eigenvalue weighted by Crippen LogP contribution is 2.31. The van der Waals surface area contributed by atoms with Crippen molar-refractivity contribution >= 4 is 28.5 Å². The van der Waals surface area contributed by atoms with Gasteiger partial charge in [0.25, 0.3) is 0 Å². The van der Waals surface area contributed by atoms with Crippen LogP contribution >= 0.6 is 0 Å². The summed E-state index contributed by atoms with van der Waals surface area (Å²) in [6, 6.07) is 4.59. The van der Waals surface area contributed by atoms with Crippen molar-refractivity contribution in [2.24, 2.45) is 13.0 Å². The molecule has 0 saturated carbocycles. The lowest BCUT2D eigenvalue weighted by molar-refractivity contribution is -0.126. The first-order chi connectivity index (χ1) is 13.4. The Labute approximate surface area is 160 Å². The van der Waals surface area contributed by atoms with Crippen LogP contribution in [-0.2, 0) is 23.2 Å². The van der Waals surface area contributed by atoms with Gasteiger partial charge in [-0.05, 0) is 26.0 Å². The van der Waals surface area contributed by atoms with E-state index in [-0.39, 0.29) is 36.0 Å². The highest BCUT2D eigenvalue weighted by atomic mass is 19.1. The minimum Gasteiger partial charge on any atom is -0.352 e. The van der Waals surface area contributed by atoms with E-state index in [1.54, 1.807) is 16.8 Å². The molecule has 0 aliphatic carbocycles. The summed E-state index contributed by atoms with van der Waals surface area (Å²) in [6.45, 7) is 4.37. The van der Waals surface area contributed by atoms with Crippen LogP contribution in [0.3, 0.4) is 0 Å². The molecule has 1 aromatic carbocycles. The number of halogens is 1. The van der Waals surface area contributed by atoms with E-state index >= 15 is 0 Å². The number of hydrogen-bond donors (Lipinski definition) is 2. The Morgan fingerprint density at radius 1 is 1.39 bits per heavy atom. The number of H-pyrrole nitrogens is 1. The molecule has 2 N–H and O–H groups in total. The largest absolute Gasteiger partial charge is 0.352 e. The number of carbonyl (C=O) groups is 2. The third-order valence-electron chi connectivity index (χ3n) is 5.37. The van der Waals surface area contributed by atoms with Crippen molar-refractivity contribution in [2.75, 3.05) is 11.4 Å². The number of rotatable bonds is 4. The summed E-state index contributed by atoms with van der Waals surface area (Å²) in [4.78, 5) is 26.5. The van der Waals surface area contributed by atoms with Gasteiger partial charge in [0.2, 0.25) is 11.8 Å². The highest BCUT2D eigenvalue weighted by Gasteiger charge is 2.37. The number of aryl methyl sites for hydroxylation is 2. The number of hydrogen-bond acceptors (Lipinski definition) is 4. The Kier molecular flexibility index (Phi) is 4.37. The molecule has 3 aromatic rings. The quantitative estimate of drug-likeness (QED) is 0.716. The van der Waals surface area contributed by atoms with Crippen LogP contribution in [0.4, 0.5) is 10.2 Å². The van der Waals surface area contributed by atoms with Gasteiger partial charge in [-0.1, -0.05) is 6.07 Å². The zero-order valence-corrected chi connectivity index (χ0v) is 15.9. The molecule has 1 saturated heterocycles. The fraction of sp³-hybridized carbons (Fsp3) is 0.368. The Morgan fingerprint density at radius 3 is 2.89 bits per heavy atom. The SMILES string of the molecule is Cc1nn(C)c(C)c1CNC(=O)C1CC(=O)N(c2n[nH]c3cccc(F)c23)C1. The van der Waals surface area contributed by atoms with E-state index < -0.39 is 11.7 Å². The number of nitrogens with one attached hydrogen (secondary N) is 2. The van der Waals surface area contributed by atoms with Crippen LogP contribution in [0, 0.1) is 25.6 Å².